The van der Waals surface area contributed by atoms with Crippen molar-refractivity contribution in [2.24, 2.45) is 17.6 Å². The van der Waals surface area contributed by atoms with Crippen LogP contribution in [0.15, 0.2) is 12.7 Å². The number of carbonyl (C=O) groups is 1. The van der Waals surface area contributed by atoms with E-state index in [1.165, 1.54) is 12.5 Å². The second-order valence-corrected chi connectivity index (χ2v) is 4.54. The molecule has 2 aliphatic rings. The SMILES string of the molecule is C=CC(=O)N1C[C@H]2CCC(N)C[C@H]2C1. The Balaban J connectivity index is 1.98. The summed E-state index contributed by atoms with van der Waals surface area (Å²) in [5.41, 5.74) is 5.92. The van der Waals surface area contributed by atoms with Gasteiger partial charge >= 0.3 is 0 Å². The number of rotatable bonds is 1. The quantitative estimate of drug-likeness (QED) is 0.626. The highest BCUT2D eigenvalue weighted by Gasteiger charge is 2.37. The molecular formula is C11H18N2O. The Morgan fingerprint density at radius 2 is 2.07 bits per heavy atom. The Kier molecular flexibility index (Phi) is 2.59. The fraction of sp³-hybridized carbons (Fsp3) is 0.727. The number of nitrogens with zero attached hydrogens (tertiary/aromatic N) is 1. The number of nitrogens with two attached hydrogens (primary N) is 1. The molecule has 1 amide bonds. The maximum Gasteiger partial charge on any atom is 0.245 e. The van der Waals surface area contributed by atoms with Gasteiger partial charge < -0.3 is 10.6 Å². The van der Waals surface area contributed by atoms with Gasteiger partial charge in [-0.25, -0.2) is 0 Å². The van der Waals surface area contributed by atoms with Gasteiger partial charge in [0.15, 0.2) is 0 Å². The Morgan fingerprint density at radius 3 is 2.79 bits per heavy atom. The van der Waals surface area contributed by atoms with Gasteiger partial charge in [-0.15, -0.1) is 0 Å². The molecule has 0 aromatic rings. The predicted octanol–water partition coefficient (Wildman–Crippen LogP) is 0.758. The lowest BCUT2D eigenvalue weighted by Crippen LogP contribution is -2.32. The molecule has 2 rings (SSSR count). The Hall–Kier alpha value is -0.830. The second kappa shape index (κ2) is 3.73. The van der Waals surface area contributed by atoms with Crippen molar-refractivity contribution in [1.82, 2.24) is 4.90 Å². The third-order valence-corrected chi connectivity index (χ3v) is 3.58. The number of likely N-dealkylation sites (tertiary alicyclic amines) is 1. The number of hydrogen-bond donors (Lipinski definition) is 1. The summed E-state index contributed by atoms with van der Waals surface area (Å²) in [6.45, 7) is 5.33. The van der Waals surface area contributed by atoms with Crippen molar-refractivity contribution in [2.75, 3.05) is 13.1 Å². The van der Waals surface area contributed by atoms with Gasteiger partial charge in [-0.05, 0) is 37.2 Å². The zero-order chi connectivity index (χ0) is 10.1. The summed E-state index contributed by atoms with van der Waals surface area (Å²) in [7, 11) is 0. The van der Waals surface area contributed by atoms with Crippen molar-refractivity contribution < 1.29 is 4.79 Å². The molecule has 3 atom stereocenters. The molecule has 14 heavy (non-hydrogen) atoms. The molecule has 0 spiro atoms. The van der Waals surface area contributed by atoms with Crippen LogP contribution in [0, 0.1) is 11.8 Å². The maximum atomic E-state index is 11.4. The summed E-state index contributed by atoms with van der Waals surface area (Å²) in [6.07, 6.45) is 4.81. The minimum Gasteiger partial charge on any atom is -0.339 e. The van der Waals surface area contributed by atoms with Gasteiger partial charge in [-0.2, -0.15) is 0 Å². The number of fused-ring (bicyclic) bond motifs is 1. The van der Waals surface area contributed by atoms with Crippen LogP contribution >= 0.6 is 0 Å². The zero-order valence-electron chi connectivity index (χ0n) is 8.48. The summed E-state index contributed by atoms with van der Waals surface area (Å²) >= 11 is 0. The number of hydrogen-bond acceptors (Lipinski definition) is 2. The van der Waals surface area contributed by atoms with Gasteiger partial charge in [0, 0.05) is 19.1 Å². The molecule has 1 aliphatic heterocycles. The first kappa shape index (κ1) is 9.71. The molecule has 3 nitrogen and oxygen atoms in total. The third-order valence-electron chi connectivity index (χ3n) is 3.58. The van der Waals surface area contributed by atoms with Crippen molar-refractivity contribution in [3.05, 3.63) is 12.7 Å². The van der Waals surface area contributed by atoms with E-state index in [0.29, 0.717) is 17.9 Å². The van der Waals surface area contributed by atoms with Crippen LogP contribution in [0.3, 0.4) is 0 Å². The Labute approximate surface area is 84.9 Å². The highest BCUT2D eigenvalue weighted by atomic mass is 16.2. The first-order chi connectivity index (χ1) is 6.70. The fourth-order valence-corrected chi connectivity index (χ4v) is 2.78. The summed E-state index contributed by atoms with van der Waals surface area (Å²) in [4.78, 5) is 13.3. The van der Waals surface area contributed by atoms with Crippen LogP contribution in [0.5, 0.6) is 0 Å². The van der Waals surface area contributed by atoms with E-state index in [1.54, 1.807) is 0 Å². The van der Waals surface area contributed by atoms with Crippen molar-refractivity contribution in [3.63, 3.8) is 0 Å². The molecule has 78 valence electrons. The second-order valence-electron chi connectivity index (χ2n) is 4.54. The lowest BCUT2D eigenvalue weighted by atomic mass is 9.79. The molecule has 0 aromatic carbocycles. The molecule has 0 radical (unpaired) electrons. The number of amides is 1. The van der Waals surface area contributed by atoms with Crippen LogP contribution in [0.2, 0.25) is 0 Å². The molecular weight excluding hydrogens is 176 g/mol. The van der Waals surface area contributed by atoms with Gasteiger partial charge in [0.2, 0.25) is 5.91 Å². The molecule has 1 saturated heterocycles. The topological polar surface area (TPSA) is 46.3 Å². The molecule has 2 fully saturated rings. The van der Waals surface area contributed by atoms with E-state index >= 15 is 0 Å². The minimum atomic E-state index is 0.0768. The van der Waals surface area contributed by atoms with Gasteiger partial charge in [0.1, 0.15) is 0 Å². The smallest absolute Gasteiger partial charge is 0.245 e. The van der Waals surface area contributed by atoms with E-state index in [-0.39, 0.29) is 5.91 Å². The predicted molar refractivity (Wildman–Crippen MR) is 55.6 cm³/mol. The largest absolute Gasteiger partial charge is 0.339 e. The lowest BCUT2D eigenvalue weighted by Gasteiger charge is -2.27. The standard InChI is InChI=1S/C11H18N2O/c1-2-11(14)13-6-8-3-4-10(12)5-9(8)7-13/h2,8-10H,1,3-7,12H2/t8-,9+,10?/m1/s1. The van der Waals surface area contributed by atoms with Gasteiger partial charge in [0.25, 0.3) is 0 Å². The van der Waals surface area contributed by atoms with Crippen molar-refractivity contribution in [1.29, 1.82) is 0 Å². The molecule has 1 aliphatic carbocycles. The maximum absolute atomic E-state index is 11.4. The highest BCUT2D eigenvalue weighted by Crippen LogP contribution is 2.35. The average Bonchev–Trinajstić information content (AvgIpc) is 2.59. The fourth-order valence-electron chi connectivity index (χ4n) is 2.78. The van der Waals surface area contributed by atoms with Crippen LogP contribution < -0.4 is 5.73 Å². The van der Waals surface area contributed by atoms with Gasteiger partial charge in [0.05, 0.1) is 0 Å². The third kappa shape index (κ3) is 1.69. The zero-order valence-corrected chi connectivity index (χ0v) is 8.48. The normalized spacial score (nSPS) is 36.6. The molecule has 1 heterocycles. The lowest BCUT2D eigenvalue weighted by molar-refractivity contribution is -0.125. The monoisotopic (exact) mass is 194 g/mol. The average molecular weight is 194 g/mol. The molecule has 0 aromatic heterocycles. The van der Waals surface area contributed by atoms with E-state index < -0.39 is 0 Å². The molecule has 3 heteroatoms. The first-order valence-electron chi connectivity index (χ1n) is 5.37. The van der Waals surface area contributed by atoms with E-state index in [4.69, 9.17) is 5.73 Å². The van der Waals surface area contributed by atoms with Crippen LogP contribution in [0.25, 0.3) is 0 Å². The van der Waals surface area contributed by atoms with E-state index in [0.717, 1.165) is 25.9 Å². The molecule has 1 unspecified atom stereocenters. The van der Waals surface area contributed by atoms with Crippen LogP contribution in [-0.2, 0) is 4.79 Å². The van der Waals surface area contributed by atoms with Crippen molar-refractivity contribution >= 4 is 5.91 Å². The minimum absolute atomic E-state index is 0.0768. The van der Waals surface area contributed by atoms with Crippen LogP contribution in [-0.4, -0.2) is 29.9 Å². The Morgan fingerprint density at radius 1 is 1.36 bits per heavy atom. The van der Waals surface area contributed by atoms with E-state index in [2.05, 4.69) is 6.58 Å². The highest BCUT2D eigenvalue weighted by molar-refractivity contribution is 5.87. The van der Waals surface area contributed by atoms with Crippen molar-refractivity contribution in [3.8, 4) is 0 Å². The summed E-state index contributed by atoms with van der Waals surface area (Å²) in [5, 5.41) is 0. The summed E-state index contributed by atoms with van der Waals surface area (Å²) < 4.78 is 0. The summed E-state index contributed by atoms with van der Waals surface area (Å²) in [6, 6.07) is 0.357. The van der Waals surface area contributed by atoms with Crippen LogP contribution in [0.1, 0.15) is 19.3 Å². The number of carbonyl (C=O) groups excluding carboxylic acids is 1. The van der Waals surface area contributed by atoms with Gasteiger partial charge in [-0.3, -0.25) is 4.79 Å². The summed E-state index contributed by atoms with van der Waals surface area (Å²) in [5.74, 6) is 1.41. The first-order valence-corrected chi connectivity index (χ1v) is 5.37. The van der Waals surface area contributed by atoms with E-state index in [1.807, 2.05) is 4.90 Å². The van der Waals surface area contributed by atoms with E-state index in [9.17, 15) is 4.79 Å². The van der Waals surface area contributed by atoms with Crippen molar-refractivity contribution in [2.45, 2.75) is 25.3 Å². The molecule has 1 saturated carbocycles. The Bertz CT molecular complexity index is 252. The van der Waals surface area contributed by atoms with Crippen LogP contribution in [0.4, 0.5) is 0 Å². The molecule has 2 N–H and O–H groups in total. The molecule has 0 bridgehead atoms. The van der Waals surface area contributed by atoms with Gasteiger partial charge in [-0.1, -0.05) is 6.58 Å².